The minimum atomic E-state index is 0.183. The second-order valence-corrected chi connectivity index (χ2v) is 4.59. The molecule has 0 bridgehead atoms. The molecular formula is C11H12N2OS. The van der Waals surface area contributed by atoms with Crippen LogP contribution in [0.2, 0.25) is 0 Å². The molecule has 0 atom stereocenters. The van der Waals surface area contributed by atoms with Gasteiger partial charge in [-0.2, -0.15) is 0 Å². The summed E-state index contributed by atoms with van der Waals surface area (Å²) in [7, 11) is 0. The molecule has 2 aromatic rings. The monoisotopic (exact) mass is 220 g/mol. The van der Waals surface area contributed by atoms with Gasteiger partial charge in [0.25, 0.3) is 0 Å². The lowest BCUT2D eigenvalue weighted by molar-refractivity contribution is -0.116. The Kier molecular flexibility index (Phi) is 2.68. The Labute approximate surface area is 92.2 Å². The zero-order valence-corrected chi connectivity index (χ0v) is 9.52. The van der Waals surface area contributed by atoms with Crippen molar-refractivity contribution in [3.63, 3.8) is 0 Å². The van der Waals surface area contributed by atoms with Crippen LogP contribution in [0.4, 0.5) is 0 Å². The van der Waals surface area contributed by atoms with E-state index in [2.05, 4.69) is 9.97 Å². The van der Waals surface area contributed by atoms with Gasteiger partial charge in [0.2, 0.25) is 0 Å². The average molecular weight is 220 g/mol. The molecule has 0 fully saturated rings. The number of H-pyrrole nitrogens is 1. The highest BCUT2D eigenvalue weighted by atomic mass is 32.1. The van der Waals surface area contributed by atoms with Crippen molar-refractivity contribution in [2.45, 2.75) is 20.3 Å². The Hall–Kier alpha value is -1.42. The molecule has 0 aliphatic heterocycles. The Morgan fingerprint density at radius 2 is 2.40 bits per heavy atom. The van der Waals surface area contributed by atoms with Crippen LogP contribution in [0.3, 0.4) is 0 Å². The smallest absolute Gasteiger partial charge is 0.135 e. The molecule has 3 nitrogen and oxygen atoms in total. The lowest BCUT2D eigenvalue weighted by Gasteiger charge is -1.90. The van der Waals surface area contributed by atoms with Crippen molar-refractivity contribution in [3.05, 3.63) is 29.0 Å². The van der Waals surface area contributed by atoms with Crippen LogP contribution in [-0.2, 0) is 11.2 Å². The van der Waals surface area contributed by atoms with E-state index in [-0.39, 0.29) is 5.78 Å². The van der Waals surface area contributed by atoms with E-state index in [1.807, 2.05) is 25.4 Å². The largest absolute Gasteiger partial charge is 0.367 e. The summed E-state index contributed by atoms with van der Waals surface area (Å²) in [5, 5.41) is 0.977. The van der Waals surface area contributed by atoms with E-state index in [1.54, 1.807) is 18.3 Å². The molecule has 2 heterocycles. The number of carbonyl (C=O) groups is 1. The number of hydrogen-bond donors (Lipinski definition) is 1. The van der Waals surface area contributed by atoms with Gasteiger partial charge in [0.05, 0.1) is 5.69 Å². The summed E-state index contributed by atoms with van der Waals surface area (Å²) in [6, 6.07) is 1.98. The SMILES string of the molecule is CC(=O)Cc1sc(-c2cc[nH]c2)nc1C. The van der Waals surface area contributed by atoms with Crippen molar-refractivity contribution >= 4 is 17.1 Å². The number of Topliss-reactive ketones (excluding diaryl/α,β-unsaturated/α-hetero) is 1. The van der Waals surface area contributed by atoms with Crippen LogP contribution in [0.5, 0.6) is 0 Å². The van der Waals surface area contributed by atoms with Crippen LogP contribution in [0.15, 0.2) is 18.5 Å². The van der Waals surface area contributed by atoms with Gasteiger partial charge in [0, 0.05) is 29.3 Å². The van der Waals surface area contributed by atoms with Crippen LogP contribution in [-0.4, -0.2) is 15.8 Å². The molecular weight excluding hydrogens is 208 g/mol. The Bertz CT molecular complexity index is 471. The van der Waals surface area contributed by atoms with E-state index >= 15 is 0 Å². The van der Waals surface area contributed by atoms with E-state index in [4.69, 9.17) is 0 Å². The van der Waals surface area contributed by atoms with E-state index in [9.17, 15) is 4.79 Å². The van der Waals surface area contributed by atoms with Gasteiger partial charge in [-0.25, -0.2) is 4.98 Å². The number of rotatable bonds is 3. The van der Waals surface area contributed by atoms with Crippen LogP contribution in [0, 0.1) is 6.92 Å². The van der Waals surface area contributed by atoms with Gasteiger partial charge >= 0.3 is 0 Å². The van der Waals surface area contributed by atoms with Gasteiger partial charge in [-0.3, -0.25) is 4.79 Å². The van der Waals surface area contributed by atoms with Gasteiger partial charge in [0.15, 0.2) is 0 Å². The molecule has 0 saturated heterocycles. The van der Waals surface area contributed by atoms with Gasteiger partial charge in [-0.05, 0) is 19.9 Å². The van der Waals surface area contributed by atoms with Crippen molar-refractivity contribution in [3.8, 4) is 10.6 Å². The van der Waals surface area contributed by atoms with Gasteiger partial charge in [0.1, 0.15) is 10.8 Å². The predicted octanol–water partition coefficient (Wildman–Crippen LogP) is 2.58. The fraction of sp³-hybridized carbons (Fsp3) is 0.273. The summed E-state index contributed by atoms with van der Waals surface area (Å²) in [5.74, 6) is 0.183. The highest BCUT2D eigenvalue weighted by Gasteiger charge is 2.10. The highest BCUT2D eigenvalue weighted by Crippen LogP contribution is 2.27. The summed E-state index contributed by atoms with van der Waals surface area (Å²) in [4.78, 5) is 19.6. The van der Waals surface area contributed by atoms with Crippen molar-refractivity contribution in [1.29, 1.82) is 0 Å². The minimum Gasteiger partial charge on any atom is -0.367 e. The zero-order chi connectivity index (χ0) is 10.8. The normalized spacial score (nSPS) is 10.5. The van der Waals surface area contributed by atoms with Gasteiger partial charge in [-0.15, -0.1) is 11.3 Å². The molecule has 0 aromatic carbocycles. The molecule has 0 saturated carbocycles. The molecule has 15 heavy (non-hydrogen) atoms. The molecule has 0 aliphatic rings. The molecule has 78 valence electrons. The maximum Gasteiger partial charge on any atom is 0.135 e. The standard InChI is InChI=1S/C11H12N2OS/c1-7(14)5-10-8(2)13-11(15-10)9-3-4-12-6-9/h3-4,6,12H,5H2,1-2H3. The number of carbonyl (C=O) groups excluding carboxylic acids is 1. The Balaban J connectivity index is 2.33. The summed E-state index contributed by atoms with van der Waals surface area (Å²) in [5.41, 5.74) is 2.05. The van der Waals surface area contributed by atoms with Crippen molar-refractivity contribution in [1.82, 2.24) is 9.97 Å². The molecule has 2 rings (SSSR count). The fourth-order valence-electron chi connectivity index (χ4n) is 1.40. The quantitative estimate of drug-likeness (QED) is 0.864. The number of aromatic amines is 1. The maximum atomic E-state index is 11.0. The van der Waals surface area contributed by atoms with Crippen molar-refractivity contribution < 1.29 is 4.79 Å². The van der Waals surface area contributed by atoms with Crippen LogP contribution in [0.1, 0.15) is 17.5 Å². The number of aryl methyl sites for hydroxylation is 1. The minimum absolute atomic E-state index is 0.183. The zero-order valence-electron chi connectivity index (χ0n) is 8.70. The van der Waals surface area contributed by atoms with Gasteiger partial charge in [-0.1, -0.05) is 0 Å². The lowest BCUT2D eigenvalue weighted by atomic mass is 10.2. The van der Waals surface area contributed by atoms with Crippen LogP contribution in [0.25, 0.3) is 10.6 Å². The first-order valence-corrected chi connectivity index (χ1v) is 5.57. The first-order valence-electron chi connectivity index (χ1n) is 4.75. The number of nitrogens with one attached hydrogen (secondary N) is 1. The second kappa shape index (κ2) is 3.98. The number of hydrogen-bond acceptors (Lipinski definition) is 3. The highest BCUT2D eigenvalue weighted by molar-refractivity contribution is 7.15. The summed E-state index contributed by atoms with van der Waals surface area (Å²) in [6.45, 7) is 3.56. The predicted molar refractivity (Wildman–Crippen MR) is 61.0 cm³/mol. The van der Waals surface area contributed by atoms with Crippen molar-refractivity contribution in [2.24, 2.45) is 0 Å². The first kappa shape index (κ1) is 10.1. The molecule has 0 aliphatic carbocycles. The third-order valence-electron chi connectivity index (χ3n) is 2.15. The summed E-state index contributed by atoms with van der Waals surface area (Å²) in [6.07, 6.45) is 4.28. The number of nitrogens with zero attached hydrogens (tertiary/aromatic N) is 1. The fourth-order valence-corrected chi connectivity index (χ4v) is 2.53. The average Bonchev–Trinajstić information content (AvgIpc) is 2.75. The number of aromatic nitrogens is 2. The first-order chi connectivity index (χ1) is 7.16. The molecule has 2 aromatic heterocycles. The third-order valence-corrected chi connectivity index (χ3v) is 3.35. The van der Waals surface area contributed by atoms with E-state index in [0.717, 1.165) is 21.1 Å². The van der Waals surface area contributed by atoms with Crippen molar-refractivity contribution in [2.75, 3.05) is 0 Å². The molecule has 1 N–H and O–H groups in total. The number of ketones is 1. The van der Waals surface area contributed by atoms with Gasteiger partial charge < -0.3 is 4.98 Å². The lowest BCUT2D eigenvalue weighted by Crippen LogP contribution is -1.94. The van der Waals surface area contributed by atoms with Crippen LogP contribution >= 0.6 is 11.3 Å². The van der Waals surface area contributed by atoms with E-state index in [1.165, 1.54) is 0 Å². The van der Waals surface area contributed by atoms with E-state index < -0.39 is 0 Å². The maximum absolute atomic E-state index is 11.0. The molecule has 0 amide bonds. The second-order valence-electron chi connectivity index (χ2n) is 3.51. The molecule has 4 heteroatoms. The molecule has 0 spiro atoms. The number of thiazole rings is 1. The Morgan fingerprint density at radius 1 is 1.60 bits per heavy atom. The topological polar surface area (TPSA) is 45.8 Å². The summed E-state index contributed by atoms with van der Waals surface area (Å²) >= 11 is 1.59. The summed E-state index contributed by atoms with van der Waals surface area (Å²) < 4.78 is 0. The molecule has 0 unspecified atom stereocenters. The van der Waals surface area contributed by atoms with E-state index in [0.29, 0.717) is 6.42 Å². The molecule has 0 radical (unpaired) electrons. The van der Waals surface area contributed by atoms with Crippen LogP contribution < -0.4 is 0 Å². The third kappa shape index (κ3) is 2.15. The Morgan fingerprint density at radius 3 is 3.00 bits per heavy atom.